The quantitative estimate of drug-likeness (QED) is 0.821. The molecular formula is C11H14N4O. The third-order valence-electron chi connectivity index (χ3n) is 2.23. The second-order valence-electron chi connectivity index (χ2n) is 3.31. The summed E-state index contributed by atoms with van der Waals surface area (Å²) in [6, 6.07) is 3.75. The van der Waals surface area contributed by atoms with Crippen molar-refractivity contribution in [3.05, 3.63) is 24.0 Å². The topological polar surface area (TPSA) is 69.0 Å². The van der Waals surface area contributed by atoms with Crippen molar-refractivity contribution < 1.29 is 4.79 Å². The van der Waals surface area contributed by atoms with E-state index in [1.165, 1.54) is 11.1 Å². The molecule has 0 fully saturated rings. The van der Waals surface area contributed by atoms with Gasteiger partial charge in [-0.25, -0.2) is 0 Å². The third-order valence-corrected chi connectivity index (χ3v) is 2.23. The van der Waals surface area contributed by atoms with E-state index in [-0.39, 0.29) is 5.91 Å². The number of hydrogen-bond acceptors (Lipinski definition) is 4. The van der Waals surface area contributed by atoms with Crippen LogP contribution in [0.5, 0.6) is 0 Å². The number of hydrogen-bond donors (Lipinski definition) is 1. The number of aromatic nitrogens is 1. The molecule has 0 radical (unpaired) electrons. The van der Waals surface area contributed by atoms with Crippen LogP contribution in [0.1, 0.15) is 16.8 Å². The molecule has 1 rings (SSSR count). The lowest BCUT2D eigenvalue weighted by molar-refractivity contribution is 0.0798. The number of anilines is 1. The van der Waals surface area contributed by atoms with Gasteiger partial charge in [0.1, 0.15) is 0 Å². The molecule has 0 saturated carbocycles. The van der Waals surface area contributed by atoms with Gasteiger partial charge in [-0.15, -0.1) is 0 Å². The van der Waals surface area contributed by atoms with Crippen molar-refractivity contribution in [3.8, 4) is 6.07 Å². The fourth-order valence-corrected chi connectivity index (χ4v) is 1.31. The van der Waals surface area contributed by atoms with Gasteiger partial charge < -0.3 is 10.2 Å². The summed E-state index contributed by atoms with van der Waals surface area (Å²) >= 11 is 0. The Morgan fingerprint density at radius 3 is 3.06 bits per heavy atom. The van der Waals surface area contributed by atoms with E-state index in [1.807, 2.05) is 6.07 Å². The van der Waals surface area contributed by atoms with Gasteiger partial charge in [-0.2, -0.15) is 5.26 Å². The van der Waals surface area contributed by atoms with Crippen molar-refractivity contribution in [2.75, 3.05) is 26.0 Å². The molecule has 0 aliphatic rings. The average Bonchev–Trinajstić information content (AvgIpc) is 2.34. The largest absolute Gasteiger partial charge is 0.387 e. The predicted octanol–water partition coefficient (Wildman–Crippen LogP) is 1.11. The van der Waals surface area contributed by atoms with Gasteiger partial charge in [0.05, 0.1) is 18.1 Å². The Hall–Kier alpha value is -2.09. The number of carbonyl (C=O) groups excluding carboxylic acids is 1. The smallest absolute Gasteiger partial charge is 0.257 e. The number of amides is 1. The molecule has 0 atom stereocenters. The Balaban J connectivity index is 2.83. The Kier molecular flexibility index (Phi) is 4.28. The maximum Gasteiger partial charge on any atom is 0.257 e. The second kappa shape index (κ2) is 5.71. The monoisotopic (exact) mass is 218 g/mol. The summed E-state index contributed by atoms with van der Waals surface area (Å²) in [4.78, 5) is 17.4. The van der Waals surface area contributed by atoms with Crippen LogP contribution in [0.4, 0.5) is 5.69 Å². The maximum atomic E-state index is 12.0. The fraction of sp³-hybridized carbons (Fsp3) is 0.364. The van der Waals surface area contributed by atoms with Crippen LogP contribution in [0.25, 0.3) is 0 Å². The Morgan fingerprint density at radius 1 is 1.69 bits per heavy atom. The molecule has 1 amide bonds. The molecule has 5 nitrogen and oxygen atoms in total. The molecule has 0 aromatic carbocycles. The van der Waals surface area contributed by atoms with Crippen molar-refractivity contribution in [1.82, 2.24) is 9.88 Å². The van der Waals surface area contributed by atoms with E-state index in [1.54, 1.807) is 26.4 Å². The van der Waals surface area contributed by atoms with Crippen LogP contribution in [0, 0.1) is 11.3 Å². The van der Waals surface area contributed by atoms with E-state index in [0.717, 1.165) is 5.69 Å². The van der Waals surface area contributed by atoms with E-state index >= 15 is 0 Å². The minimum atomic E-state index is -0.132. The van der Waals surface area contributed by atoms with Crippen LogP contribution >= 0.6 is 0 Å². The predicted molar refractivity (Wildman–Crippen MR) is 61.0 cm³/mol. The van der Waals surface area contributed by atoms with Crippen molar-refractivity contribution in [1.29, 1.82) is 5.26 Å². The summed E-state index contributed by atoms with van der Waals surface area (Å²) in [5, 5.41) is 11.4. The summed E-state index contributed by atoms with van der Waals surface area (Å²) in [5.41, 5.74) is 1.26. The molecule has 1 N–H and O–H groups in total. The second-order valence-corrected chi connectivity index (χ2v) is 3.31. The van der Waals surface area contributed by atoms with Crippen molar-refractivity contribution in [3.63, 3.8) is 0 Å². The van der Waals surface area contributed by atoms with Gasteiger partial charge in [0.2, 0.25) is 0 Å². The van der Waals surface area contributed by atoms with Crippen molar-refractivity contribution in [2.24, 2.45) is 0 Å². The zero-order valence-electron chi connectivity index (χ0n) is 9.40. The number of rotatable bonds is 4. The summed E-state index contributed by atoms with van der Waals surface area (Å²) in [6.45, 7) is 0.424. The number of carbonyl (C=O) groups is 1. The number of nitrogens with one attached hydrogen (secondary N) is 1. The Morgan fingerprint density at radius 2 is 2.44 bits per heavy atom. The highest BCUT2D eigenvalue weighted by Gasteiger charge is 2.14. The SMILES string of the molecule is CNc1ccncc1C(=O)N(C)CCC#N. The van der Waals surface area contributed by atoms with Crippen LogP contribution in [0.3, 0.4) is 0 Å². The van der Waals surface area contributed by atoms with Crippen LogP contribution < -0.4 is 5.32 Å². The number of nitrogens with zero attached hydrogens (tertiary/aromatic N) is 3. The van der Waals surface area contributed by atoms with Crippen molar-refractivity contribution >= 4 is 11.6 Å². The summed E-state index contributed by atoms with van der Waals surface area (Å²) in [5.74, 6) is -0.132. The lowest BCUT2D eigenvalue weighted by Crippen LogP contribution is -2.28. The lowest BCUT2D eigenvalue weighted by atomic mass is 10.2. The highest BCUT2D eigenvalue weighted by atomic mass is 16.2. The highest BCUT2D eigenvalue weighted by Crippen LogP contribution is 2.14. The fourth-order valence-electron chi connectivity index (χ4n) is 1.31. The van der Waals surface area contributed by atoms with E-state index in [4.69, 9.17) is 5.26 Å². The van der Waals surface area contributed by atoms with Gasteiger partial charge >= 0.3 is 0 Å². The van der Waals surface area contributed by atoms with Crippen LogP contribution in [0.15, 0.2) is 18.5 Å². The van der Waals surface area contributed by atoms with Gasteiger partial charge in [-0.3, -0.25) is 9.78 Å². The molecule has 1 aromatic heterocycles. The minimum Gasteiger partial charge on any atom is -0.387 e. The zero-order valence-corrected chi connectivity index (χ0v) is 9.40. The molecule has 0 saturated heterocycles. The van der Waals surface area contributed by atoms with Crippen LogP contribution in [-0.2, 0) is 0 Å². The van der Waals surface area contributed by atoms with Gasteiger partial charge in [0.15, 0.2) is 0 Å². The van der Waals surface area contributed by atoms with Gasteiger partial charge in [-0.1, -0.05) is 0 Å². The molecule has 0 spiro atoms. The highest BCUT2D eigenvalue weighted by molar-refractivity contribution is 5.99. The Bertz CT molecular complexity index is 411. The first-order valence-electron chi connectivity index (χ1n) is 4.95. The first-order valence-corrected chi connectivity index (χ1v) is 4.95. The summed E-state index contributed by atoms with van der Waals surface area (Å²) < 4.78 is 0. The molecule has 0 aliphatic heterocycles. The maximum absolute atomic E-state index is 12.0. The first kappa shape index (κ1) is 12.0. The van der Waals surface area contributed by atoms with Gasteiger partial charge in [0, 0.05) is 38.7 Å². The molecule has 0 aliphatic carbocycles. The number of nitriles is 1. The number of pyridine rings is 1. The summed E-state index contributed by atoms with van der Waals surface area (Å²) in [7, 11) is 3.42. The van der Waals surface area contributed by atoms with Crippen LogP contribution in [-0.4, -0.2) is 36.4 Å². The summed E-state index contributed by atoms with van der Waals surface area (Å²) in [6.07, 6.45) is 3.48. The van der Waals surface area contributed by atoms with E-state index in [9.17, 15) is 4.79 Å². The molecule has 5 heteroatoms. The normalized spacial score (nSPS) is 9.31. The molecule has 0 unspecified atom stereocenters. The molecule has 1 heterocycles. The van der Waals surface area contributed by atoms with Gasteiger partial charge in [0.25, 0.3) is 5.91 Å². The van der Waals surface area contributed by atoms with E-state index in [2.05, 4.69) is 10.3 Å². The molecule has 1 aromatic rings. The van der Waals surface area contributed by atoms with Crippen LogP contribution in [0.2, 0.25) is 0 Å². The molecular weight excluding hydrogens is 204 g/mol. The minimum absolute atomic E-state index is 0.132. The molecule has 16 heavy (non-hydrogen) atoms. The van der Waals surface area contributed by atoms with Gasteiger partial charge in [-0.05, 0) is 6.07 Å². The first-order chi connectivity index (χ1) is 7.70. The third kappa shape index (κ3) is 2.70. The molecule has 0 bridgehead atoms. The zero-order chi connectivity index (χ0) is 12.0. The average molecular weight is 218 g/mol. The Labute approximate surface area is 94.7 Å². The molecule has 84 valence electrons. The lowest BCUT2D eigenvalue weighted by Gasteiger charge is -2.17. The van der Waals surface area contributed by atoms with E-state index < -0.39 is 0 Å². The van der Waals surface area contributed by atoms with E-state index in [0.29, 0.717) is 18.5 Å². The standard InChI is InChI=1S/C11H14N4O/c1-13-10-4-6-14-8-9(10)11(16)15(2)7-3-5-12/h4,6,8H,3,7H2,1-2H3,(H,13,14). The van der Waals surface area contributed by atoms with Crippen molar-refractivity contribution in [2.45, 2.75) is 6.42 Å².